The van der Waals surface area contributed by atoms with Crippen LogP contribution in [-0.2, 0) is 10.8 Å². The molecule has 1 heterocycles. The summed E-state index contributed by atoms with van der Waals surface area (Å²) in [6.07, 6.45) is 2.75. The molecule has 1 rings (SSSR count). The van der Waals surface area contributed by atoms with Crippen LogP contribution in [0.15, 0.2) is 20.7 Å². The Balaban J connectivity index is 3.51. The van der Waals surface area contributed by atoms with Crippen LogP contribution in [0.1, 0.15) is 19.9 Å². The van der Waals surface area contributed by atoms with Crippen molar-refractivity contribution in [2.45, 2.75) is 24.8 Å². The van der Waals surface area contributed by atoms with E-state index in [1.54, 1.807) is 0 Å². The van der Waals surface area contributed by atoms with E-state index in [1.165, 1.54) is 17.0 Å². The molecule has 0 fully saturated rings. The predicted molar refractivity (Wildman–Crippen MR) is 54.0 cm³/mol. The quantitative estimate of drug-likeness (QED) is 0.747. The lowest BCUT2D eigenvalue weighted by atomic mass is 10.4. The molecule has 5 nitrogen and oxygen atoms in total. The van der Waals surface area contributed by atoms with Crippen molar-refractivity contribution < 1.29 is 4.21 Å². The first-order valence-corrected chi connectivity index (χ1v) is 5.68. The van der Waals surface area contributed by atoms with Crippen LogP contribution in [0.4, 0.5) is 0 Å². The van der Waals surface area contributed by atoms with Gasteiger partial charge in [-0.3, -0.25) is 18.6 Å². The number of nitrogens with zero attached hydrogens (tertiary/aromatic N) is 1. The van der Waals surface area contributed by atoms with Crippen LogP contribution in [0.3, 0.4) is 0 Å². The van der Waals surface area contributed by atoms with Gasteiger partial charge in [-0.15, -0.1) is 0 Å². The Morgan fingerprint density at radius 3 is 2.43 bits per heavy atom. The standard InChI is InChI=1S/C8H12N2O3S/c1-5(2)10-4-6(14(3)13)7(11)9-8(10)12/h4-5H,1-3H3,(H,9,11,12). The summed E-state index contributed by atoms with van der Waals surface area (Å²) in [6.45, 7) is 3.62. The number of hydrogen-bond donors (Lipinski definition) is 1. The molecule has 1 atom stereocenters. The molecule has 78 valence electrons. The molecule has 1 N–H and O–H groups in total. The van der Waals surface area contributed by atoms with Gasteiger partial charge in [0.15, 0.2) is 0 Å². The maximum absolute atomic E-state index is 11.3. The number of H-pyrrole nitrogens is 1. The van der Waals surface area contributed by atoms with Gasteiger partial charge < -0.3 is 0 Å². The Bertz CT molecular complexity index is 472. The van der Waals surface area contributed by atoms with E-state index in [2.05, 4.69) is 4.98 Å². The Hall–Kier alpha value is -1.17. The second-order valence-electron chi connectivity index (χ2n) is 3.21. The summed E-state index contributed by atoms with van der Waals surface area (Å²) in [5, 5.41) is 0. The first-order chi connectivity index (χ1) is 6.43. The maximum Gasteiger partial charge on any atom is 0.328 e. The van der Waals surface area contributed by atoms with E-state index in [-0.39, 0.29) is 10.9 Å². The zero-order valence-corrected chi connectivity index (χ0v) is 9.05. The third-order valence-corrected chi connectivity index (χ3v) is 2.71. The van der Waals surface area contributed by atoms with Gasteiger partial charge in [0, 0.05) is 18.5 Å². The topological polar surface area (TPSA) is 71.9 Å². The minimum absolute atomic E-state index is 0.0679. The molecule has 14 heavy (non-hydrogen) atoms. The van der Waals surface area contributed by atoms with Crippen molar-refractivity contribution in [3.63, 3.8) is 0 Å². The Labute approximate surface area is 83.2 Å². The van der Waals surface area contributed by atoms with Gasteiger partial charge in [-0.1, -0.05) is 0 Å². The lowest BCUT2D eigenvalue weighted by Crippen LogP contribution is -2.32. The molecule has 0 spiro atoms. The molecule has 0 aliphatic carbocycles. The lowest BCUT2D eigenvalue weighted by molar-refractivity contribution is 0.551. The highest BCUT2D eigenvalue weighted by Crippen LogP contribution is 2.01. The molecule has 0 saturated carbocycles. The predicted octanol–water partition coefficient (Wildman–Crippen LogP) is -0.145. The Morgan fingerprint density at radius 2 is 2.00 bits per heavy atom. The van der Waals surface area contributed by atoms with Crippen molar-refractivity contribution in [2.75, 3.05) is 6.26 Å². The molecule has 0 aliphatic rings. The van der Waals surface area contributed by atoms with Crippen molar-refractivity contribution in [3.8, 4) is 0 Å². The maximum atomic E-state index is 11.3. The highest BCUT2D eigenvalue weighted by molar-refractivity contribution is 7.84. The van der Waals surface area contributed by atoms with Crippen molar-refractivity contribution >= 4 is 10.8 Å². The number of aromatic nitrogens is 2. The number of hydrogen-bond acceptors (Lipinski definition) is 3. The Morgan fingerprint density at radius 1 is 1.43 bits per heavy atom. The number of rotatable bonds is 2. The molecular weight excluding hydrogens is 204 g/mol. The van der Waals surface area contributed by atoms with E-state index < -0.39 is 22.0 Å². The zero-order chi connectivity index (χ0) is 10.9. The van der Waals surface area contributed by atoms with Gasteiger partial charge >= 0.3 is 5.69 Å². The van der Waals surface area contributed by atoms with Gasteiger partial charge in [0.2, 0.25) is 0 Å². The lowest BCUT2D eigenvalue weighted by Gasteiger charge is -2.09. The first-order valence-electron chi connectivity index (χ1n) is 4.12. The highest BCUT2D eigenvalue weighted by Gasteiger charge is 2.09. The van der Waals surface area contributed by atoms with Crippen LogP contribution in [0.5, 0.6) is 0 Å². The monoisotopic (exact) mass is 216 g/mol. The van der Waals surface area contributed by atoms with Crippen LogP contribution < -0.4 is 11.2 Å². The molecule has 0 saturated heterocycles. The molecule has 1 aromatic rings. The van der Waals surface area contributed by atoms with Gasteiger partial charge in [-0.2, -0.15) is 0 Å². The van der Waals surface area contributed by atoms with Crippen LogP contribution in [0.2, 0.25) is 0 Å². The van der Waals surface area contributed by atoms with Crippen molar-refractivity contribution in [1.29, 1.82) is 0 Å². The molecule has 0 aliphatic heterocycles. The average molecular weight is 216 g/mol. The van der Waals surface area contributed by atoms with Gasteiger partial charge in [0.1, 0.15) is 4.90 Å². The average Bonchev–Trinajstić information content (AvgIpc) is 2.02. The fourth-order valence-corrected chi connectivity index (χ4v) is 1.63. The minimum atomic E-state index is -1.38. The molecule has 0 bridgehead atoms. The molecule has 1 aromatic heterocycles. The number of nitrogens with one attached hydrogen (secondary N) is 1. The normalized spacial score (nSPS) is 13.1. The van der Waals surface area contributed by atoms with Crippen molar-refractivity contribution in [1.82, 2.24) is 9.55 Å². The largest absolute Gasteiger partial charge is 0.328 e. The van der Waals surface area contributed by atoms with E-state index in [0.717, 1.165) is 0 Å². The summed E-state index contributed by atoms with van der Waals surface area (Å²) >= 11 is 0. The minimum Gasteiger partial charge on any atom is -0.297 e. The fourth-order valence-electron chi connectivity index (χ4n) is 1.06. The van der Waals surface area contributed by atoms with Gasteiger partial charge in [-0.05, 0) is 13.8 Å². The summed E-state index contributed by atoms with van der Waals surface area (Å²) in [5.74, 6) is 0. The van der Waals surface area contributed by atoms with Gasteiger partial charge in [0.25, 0.3) is 5.56 Å². The SMILES string of the molecule is CC(C)n1cc(S(C)=O)c(=O)[nH]c1=O. The summed E-state index contributed by atoms with van der Waals surface area (Å²) in [5.41, 5.74) is -1.05. The van der Waals surface area contributed by atoms with Crippen LogP contribution in [0, 0.1) is 0 Å². The van der Waals surface area contributed by atoms with Crippen molar-refractivity contribution in [2.24, 2.45) is 0 Å². The summed E-state index contributed by atoms with van der Waals surface area (Å²) in [6, 6.07) is -0.0679. The summed E-state index contributed by atoms with van der Waals surface area (Å²) in [7, 11) is -1.38. The second kappa shape index (κ2) is 3.91. The smallest absolute Gasteiger partial charge is 0.297 e. The van der Waals surface area contributed by atoms with E-state index in [4.69, 9.17) is 0 Å². The fraction of sp³-hybridized carbons (Fsp3) is 0.500. The molecule has 1 unspecified atom stereocenters. The molecule has 6 heteroatoms. The molecular formula is C8H12N2O3S. The summed E-state index contributed by atoms with van der Waals surface area (Å²) < 4.78 is 12.5. The molecule has 0 amide bonds. The second-order valence-corrected chi connectivity index (χ2v) is 4.56. The van der Waals surface area contributed by atoms with Gasteiger partial charge in [-0.25, -0.2) is 4.79 Å². The zero-order valence-electron chi connectivity index (χ0n) is 8.23. The van der Waals surface area contributed by atoms with E-state index >= 15 is 0 Å². The molecule has 0 aromatic carbocycles. The highest BCUT2D eigenvalue weighted by atomic mass is 32.2. The molecule has 0 radical (unpaired) electrons. The third-order valence-electron chi connectivity index (χ3n) is 1.80. The van der Waals surface area contributed by atoms with E-state index in [1.807, 2.05) is 13.8 Å². The van der Waals surface area contributed by atoms with Crippen LogP contribution in [0.25, 0.3) is 0 Å². The Kier molecular flexibility index (Phi) is 3.05. The van der Waals surface area contributed by atoms with Crippen LogP contribution >= 0.6 is 0 Å². The van der Waals surface area contributed by atoms with E-state index in [0.29, 0.717) is 0 Å². The van der Waals surface area contributed by atoms with Crippen LogP contribution in [-0.4, -0.2) is 20.0 Å². The first kappa shape index (κ1) is 10.9. The van der Waals surface area contributed by atoms with E-state index in [9.17, 15) is 13.8 Å². The third kappa shape index (κ3) is 2.01. The summed E-state index contributed by atoms with van der Waals surface area (Å²) in [4.78, 5) is 24.7. The number of aromatic amines is 1. The van der Waals surface area contributed by atoms with Crippen molar-refractivity contribution in [3.05, 3.63) is 27.0 Å². The van der Waals surface area contributed by atoms with Gasteiger partial charge in [0.05, 0.1) is 10.8 Å².